The van der Waals surface area contributed by atoms with Gasteiger partial charge in [0.25, 0.3) is 0 Å². The first kappa shape index (κ1) is 16.9. The van der Waals surface area contributed by atoms with Crippen LogP contribution in [0.3, 0.4) is 0 Å². The zero-order valence-electron chi connectivity index (χ0n) is 13.9. The summed E-state index contributed by atoms with van der Waals surface area (Å²) in [5.74, 6) is -0.168. The molecule has 3 aromatic rings. The molecule has 3 rings (SSSR count). The van der Waals surface area contributed by atoms with Gasteiger partial charge >= 0.3 is 0 Å². The first-order chi connectivity index (χ1) is 12.2. The van der Waals surface area contributed by atoms with Gasteiger partial charge in [0.1, 0.15) is 0 Å². The number of nitrogens with one attached hydrogen (secondary N) is 1. The molecule has 1 unspecified atom stereocenters. The van der Waals surface area contributed by atoms with Crippen LogP contribution >= 0.6 is 0 Å². The van der Waals surface area contributed by atoms with E-state index in [1.54, 1.807) is 12.5 Å². The van der Waals surface area contributed by atoms with Crippen LogP contribution in [0.4, 0.5) is 0 Å². The molecular formula is C20H21N3O2. The van der Waals surface area contributed by atoms with Crippen molar-refractivity contribution in [2.24, 2.45) is 0 Å². The molecule has 0 fully saturated rings. The third-order valence-corrected chi connectivity index (χ3v) is 4.00. The van der Waals surface area contributed by atoms with Gasteiger partial charge in [-0.1, -0.05) is 54.6 Å². The monoisotopic (exact) mass is 335 g/mol. The normalized spacial score (nSPS) is 11.9. The molecule has 2 aromatic carbocycles. The number of carbonyl (C=O) groups is 1. The Morgan fingerprint density at radius 1 is 1.08 bits per heavy atom. The summed E-state index contributed by atoms with van der Waals surface area (Å²) < 4.78 is 2.00. The van der Waals surface area contributed by atoms with Crippen molar-refractivity contribution in [3.05, 3.63) is 90.0 Å². The Hall–Kier alpha value is -2.92. The van der Waals surface area contributed by atoms with Crippen LogP contribution in [0.2, 0.25) is 0 Å². The zero-order chi connectivity index (χ0) is 17.5. The van der Waals surface area contributed by atoms with E-state index in [1.165, 1.54) is 5.56 Å². The van der Waals surface area contributed by atoms with Crippen molar-refractivity contribution in [1.29, 1.82) is 0 Å². The molecule has 5 heteroatoms. The summed E-state index contributed by atoms with van der Waals surface area (Å²) in [6.07, 6.45) is 4.74. The Labute approximate surface area is 147 Å². The van der Waals surface area contributed by atoms with Crippen LogP contribution in [-0.4, -0.2) is 20.6 Å². The van der Waals surface area contributed by atoms with Gasteiger partial charge in [0, 0.05) is 25.5 Å². The van der Waals surface area contributed by atoms with E-state index in [-0.39, 0.29) is 12.3 Å². The maximum atomic E-state index is 12.0. The zero-order valence-corrected chi connectivity index (χ0v) is 13.9. The summed E-state index contributed by atoms with van der Waals surface area (Å²) in [7, 11) is 0. The number of aliphatic hydroxyl groups is 1. The van der Waals surface area contributed by atoms with E-state index < -0.39 is 6.10 Å². The molecule has 0 spiro atoms. The Morgan fingerprint density at radius 3 is 2.48 bits per heavy atom. The molecule has 1 heterocycles. The van der Waals surface area contributed by atoms with Crippen molar-refractivity contribution >= 4 is 5.91 Å². The molecule has 25 heavy (non-hydrogen) atoms. The van der Waals surface area contributed by atoms with E-state index in [4.69, 9.17) is 0 Å². The van der Waals surface area contributed by atoms with Crippen LogP contribution in [0.25, 0.3) is 0 Å². The van der Waals surface area contributed by atoms with E-state index in [0.29, 0.717) is 6.54 Å². The second-order valence-corrected chi connectivity index (χ2v) is 5.96. The van der Waals surface area contributed by atoms with Gasteiger partial charge in [-0.25, -0.2) is 4.98 Å². The Kier molecular flexibility index (Phi) is 5.59. The second kappa shape index (κ2) is 8.26. The average molecular weight is 335 g/mol. The average Bonchev–Trinajstić information content (AvgIpc) is 3.15. The van der Waals surface area contributed by atoms with Crippen molar-refractivity contribution < 1.29 is 9.90 Å². The van der Waals surface area contributed by atoms with Gasteiger partial charge in [-0.15, -0.1) is 0 Å². The second-order valence-electron chi connectivity index (χ2n) is 5.96. The molecular weight excluding hydrogens is 314 g/mol. The maximum absolute atomic E-state index is 12.0. The summed E-state index contributed by atoms with van der Waals surface area (Å²) >= 11 is 0. The number of carbonyl (C=O) groups excluding carboxylic acids is 1. The summed E-state index contributed by atoms with van der Waals surface area (Å²) in [5, 5.41) is 12.9. The maximum Gasteiger partial charge on any atom is 0.223 e. The number of aromatic nitrogens is 2. The van der Waals surface area contributed by atoms with Crippen molar-refractivity contribution in [3.8, 4) is 0 Å². The molecule has 128 valence electrons. The Balaban J connectivity index is 1.47. The lowest BCUT2D eigenvalue weighted by Crippen LogP contribution is -2.24. The number of imidazole rings is 1. The van der Waals surface area contributed by atoms with Gasteiger partial charge in [-0.2, -0.15) is 0 Å². The molecule has 5 nitrogen and oxygen atoms in total. The molecule has 0 aliphatic rings. The van der Waals surface area contributed by atoms with E-state index in [9.17, 15) is 9.90 Å². The van der Waals surface area contributed by atoms with E-state index in [0.717, 1.165) is 17.7 Å². The van der Waals surface area contributed by atoms with Crippen LogP contribution in [0.5, 0.6) is 0 Å². The molecule has 0 aliphatic heterocycles. The molecule has 2 N–H and O–H groups in total. The van der Waals surface area contributed by atoms with Crippen LogP contribution in [0.1, 0.15) is 29.2 Å². The number of hydrogen-bond donors (Lipinski definition) is 2. The number of amides is 1. The van der Waals surface area contributed by atoms with Crippen LogP contribution in [-0.2, 0) is 17.9 Å². The summed E-state index contributed by atoms with van der Waals surface area (Å²) in [6, 6.07) is 17.3. The Morgan fingerprint density at radius 2 is 1.80 bits per heavy atom. The number of aliphatic hydroxyl groups excluding tert-OH is 1. The molecule has 1 aromatic heterocycles. The van der Waals surface area contributed by atoms with Gasteiger partial charge < -0.3 is 15.0 Å². The minimum Gasteiger partial charge on any atom is -0.388 e. The molecule has 0 bridgehead atoms. The van der Waals surface area contributed by atoms with E-state index in [2.05, 4.69) is 10.3 Å². The predicted octanol–water partition coefficient (Wildman–Crippen LogP) is 2.67. The lowest BCUT2D eigenvalue weighted by atomic mass is 10.1. The highest BCUT2D eigenvalue weighted by Crippen LogP contribution is 2.15. The fraction of sp³-hybridized carbons (Fsp3) is 0.200. The minimum absolute atomic E-state index is 0.0583. The number of benzene rings is 2. The largest absolute Gasteiger partial charge is 0.388 e. The van der Waals surface area contributed by atoms with Gasteiger partial charge in [-0.05, 0) is 16.7 Å². The minimum atomic E-state index is -0.779. The third kappa shape index (κ3) is 5.02. The van der Waals surface area contributed by atoms with Crippen molar-refractivity contribution in [2.75, 3.05) is 0 Å². The quantitative estimate of drug-likeness (QED) is 0.697. The summed E-state index contributed by atoms with van der Waals surface area (Å²) in [5.41, 5.74) is 2.95. The highest BCUT2D eigenvalue weighted by atomic mass is 16.3. The first-order valence-corrected chi connectivity index (χ1v) is 8.24. The Bertz CT molecular complexity index is 784. The first-order valence-electron chi connectivity index (χ1n) is 8.24. The van der Waals surface area contributed by atoms with Crippen molar-refractivity contribution in [3.63, 3.8) is 0 Å². The third-order valence-electron chi connectivity index (χ3n) is 4.00. The van der Waals surface area contributed by atoms with Crippen LogP contribution in [0.15, 0.2) is 73.3 Å². The SMILES string of the molecule is O=C(CC(O)c1ccccc1)NCc1ccc(Cn2ccnc2)cc1. The highest BCUT2D eigenvalue weighted by Gasteiger charge is 2.12. The van der Waals surface area contributed by atoms with E-state index in [1.807, 2.05) is 65.4 Å². The molecule has 1 atom stereocenters. The number of rotatable bonds is 7. The van der Waals surface area contributed by atoms with Gasteiger partial charge in [0.2, 0.25) is 5.91 Å². The molecule has 0 aliphatic carbocycles. The topological polar surface area (TPSA) is 67.2 Å². The molecule has 0 saturated carbocycles. The smallest absolute Gasteiger partial charge is 0.223 e. The fourth-order valence-corrected chi connectivity index (χ4v) is 2.60. The summed E-state index contributed by atoms with van der Waals surface area (Å²) in [6.45, 7) is 1.22. The van der Waals surface area contributed by atoms with Gasteiger partial charge in [0.05, 0.1) is 18.9 Å². The van der Waals surface area contributed by atoms with Gasteiger partial charge in [0.15, 0.2) is 0 Å². The van der Waals surface area contributed by atoms with Crippen molar-refractivity contribution in [2.45, 2.75) is 25.6 Å². The highest BCUT2D eigenvalue weighted by molar-refractivity contribution is 5.76. The lowest BCUT2D eigenvalue weighted by molar-refractivity contribution is -0.123. The standard InChI is InChI=1S/C20H21N3O2/c24-19(18-4-2-1-3-5-18)12-20(25)22-13-16-6-8-17(9-7-16)14-23-11-10-21-15-23/h1-11,15,19,24H,12-14H2,(H,22,25). The lowest BCUT2D eigenvalue weighted by Gasteiger charge is -2.11. The van der Waals surface area contributed by atoms with E-state index >= 15 is 0 Å². The van der Waals surface area contributed by atoms with Crippen molar-refractivity contribution in [1.82, 2.24) is 14.9 Å². The van der Waals surface area contributed by atoms with Crippen LogP contribution < -0.4 is 5.32 Å². The fourth-order valence-electron chi connectivity index (χ4n) is 2.60. The predicted molar refractivity (Wildman–Crippen MR) is 95.6 cm³/mol. The number of nitrogens with zero attached hydrogens (tertiary/aromatic N) is 2. The summed E-state index contributed by atoms with van der Waals surface area (Å²) in [4.78, 5) is 16.0. The number of hydrogen-bond acceptors (Lipinski definition) is 3. The molecule has 0 radical (unpaired) electrons. The molecule has 1 amide bonds. The van der Waals surface area contributed by atoms with Crippen LogP contribution in [0, 0.1) is 0 Å². The van der Waals surface area contributed by atoms with Gasteiger partial charge in [-0.3, -0.25) is 4.79 Å². The molecule has 0 saturated heterocycles.